The summed E-state index contributed by atoms with van der Waals surface area (Å²) in [5.41, 5.74) is 0.543. The third kappa shape index (κ3) is 4.69. The zero-order chi connectivity index (χ0) is 17.3. The quantitative estimate of drug-likeness (QED) is 0.871. The number of benzene rings is 1. The number of hydrogen-bond acceptors (Lipinski definition) is 5. The Morgan fingerprint density at radius 2 is 1.96 bits per heavy atom. The molecule has 0 aliphatic heterocycles. The molecule has 2 N–H and O–H groups in total. The molecule has 0 saturated heterocycles. The molecule has 0 unspecified atom stereocenters. The largest absolute Gasteiger partial charge is 0.384 e. The van der Waals surface area contributed by atoms with Crippen molar-refractivity contribution in [3.63, 3.8) is 0 Å². The first-order valence-electron chi connectivity index (χ1n) is 7.06. The molecule has 0 aliphatic rings. The summed E-state index contributed by atoms with van der Waals surface area (Å²) in [5.74, 6) is -0.377. The van der Waals surface area contributed by atoms with E-state index in [2.05, 4.69) is 15.2 Å². The molecule has 0 bridgehead atoms. The fourth-order valence-corrected chi connectivity index (χ4v) is 2.85. The Bertz CT molecular complexity index is 795. The zero-order valence-corrected chi connectivity index (χ0v) is 14.3. The summed E-state index contributed by atoms with van der Waals surface area (Å²) in [5, 5.41) is 6.60. The van der Waals surface area contributed by atoms with Gasteiger partial charge >= 0.3 is 0 Å². The Kier molecular flexibility index (Phi) is 4.65. The van der Waals surface area contributed by atoms with E-state index in [4.69, 9.17) is 4.52 Å². The Hall–Kier alpha value is -2.09. The summed E-state index contributed by atoms with van der Waals surface area (Å²) in [6, 6.07) is 5.32. The first-order chi connectivity index (χ1) is 10.6. The van der Waals surface area contributed by atoms with E-state index in [1.54, 1.807) is 6.92 Å². The molecule has 0 atom stereocenters. The second kappa shape index (κ2) is 6.19. The second-order valence-corrected chi connectivity index (χ2v) is 8.14. The molecule has 23 heavy (non-hydrogen) atoms. The SMILES string of the molecule is Cc1cc(NS(=O)(=O)c2ccc(NCC(C)(C)C)cc2F)no1. The lowest BCUT2D eigenvalue weighted by atomic mass is 9.97. The van der Waals surface area contributed by atoms with Crippen molar-refractivity contribution >= 4 is 21.5 Å². The maximum absolute atomic E-state index is 14.2. The van der Waals surface area contributed by atoms with Gasteiger partial charge in [0.1, 0.15) is 16.5 Å². The molecule has 2 rings (SSSR count). The van der Waals surface area contributed by atoms with Gasteiger partial charge < -0.3 is 9.84 Å². The normalized spacial score (nSPS) is 12.2. The van der Waals surface area contributed by atoms with E-state index in [0.29, 0.717) is 18.0 Å². The second-order valence-electron chi connectivity index (χ2n) is 6.49. The van der Waals surface area contributed by atoms with Crippen molar-refractivity contribution in [3.05, 3.63) is 35.8 Å². The highest BCUT2D eigenvalue weighted by atomic mass is 32.2. The third-order valence-corrected chi connectivity index (χ3v) is 4.30. The van der Waals surface area contributed by atoms with Gasteiger partial charge in [-0.15, -0.1) is 0 Å². The highest BCUT2D eigenvalue weighted by molar-refractivity contribution is 7.92. The molecule has 0 fully saturated rings. The van der Waals surface area contributed by atoms with E-state index in [0.717, 1.165) is 6.07 Å². The van der Waals surface area contributed by atoms with Gasteiger partial charge in [0.2, 0.25) is 0 Å². The van der Waals surface area contributed by atoms with E-state index in [1.165, 1.54) is 18.2 Å². The van der Waals surface area contributed by atoms with Crippen LogP contribution in [0.4, 0.5) is 15.9 Å². The van der Waals surface area contributed by atoms with Crippen molar-refractivity contribution in [1.82, 2.24) is 5.16 Å². The van der Waals surface area contributed by atoms with E-state index in [1.807, 2.05) is 20.8 Å². The van der Waals surface area contributed by atoms with Crippen molar-refractivity contribution in [3.8, 4) is 0 Å². The van der Waals surface area contributed by atoms with Crippen LogP contribution in [0, 0.1) is 18.2 Å². The van der Waals surface area contributed by atoms with Crippen LogP contribution in [-0.4, -0.2) is 20.1 Å². The van der Waals surface area contributed by atoms with E-state index >= 15 is 0 Å². The fraction of sp³-hybridized carbons (Fsp3) is 0.400. The molecule has 6 nitrogen and oxygen atoms in total. The lowest BCUT2D eigenvalue weighted by Gasteiger charge is -2.19. The van der Waals surface area contributed by atoms with Crippen LogP contribution >= 0.6 is 0 Å². The highest BCUT2D eigenvalue weighted by Crippen LogP contribution is 2.23. The van der Waals surface area contributed by atoms with Crippen molar-refractivity contribution in [2.24, 2.45) is 5.41 Å². The average molecular weight is 341 g/mol. The molecule has 0 radical (unpaired) electrons. The predicted octanol–water partition coefficient (Wildman–Crippen LogP) is 3.38. The van der Waals surface area contributed by atoms with Gasteiger partial charge in [-0.05, 0) is 30.5 Å². The molecule has 126 valence electrons. The first kappa shape index (κ1) is 17.3. The zero-order valence-electron chi connectivity index (χ0n) is 13.5. The number of aromatic nitrogens is 1. The highest BCUT2D eigenvalue weighted by Gasteiger charge is 2.21. The summed E-state index contributed by atoms with van der Waals surface area (Å²) in [6.07, 6.45) is 0. The summed E-state index contributed by atoms with van der Waals surface area (Å²) in [4.78, 5) is -0.445. The number of aryl methyl sites for hydroxylation is 1. The standard InChI is InChI=1S/C15H20FN3O3S/c1-10-7-14(18-22-10)19-23(20,21)13-6-5-11(8-12(13)16)17-9-15(2,3)4/h5-8,17H,9H2,1-4H3,(H,18,19). The van der Waals surface area contributed by atoms with E-state index in [-0.39, 0.29) is 11.2 Å². The third-order valence-electron chi connectivity index (χ3n) is 2.91. The average Bonchev–Trinajstić information content (AvgIpc) is 2.80. The summed E-state index contributed by atoms with van der Waals surface area (Å²) < 4.78 is 45.5. The van der Waals surface area contributed by atoms with Crippen molar-refractivity contribution in [1.29, 1.82) is 0 Å². The number of anilines is 2. The van der Waals surface area contributed by atoms with Gasteiger partial charge in [-0.25, -0.2) is 12.8 Å². The molecule has 2 aromatic rings. The molecule has 1 aromatic heterocycles. The molecular formula is C15H20FN3O3S. The van der Waals surface area contributed by atoms with Crippen molar-refractivity contribution in [2.75, 3.05) is 16.6 Å². The molecule has 8 heteroatoms. The smallest absolute Gasteiger partial charge is 0.266 e. The Balaban J connectivity index is 2.19. The fourth-order valence-electron chi connectivity index (χ4n) is 1.80. The van der Waals surface area contributed by atoms with Crippen molar-refractivity contribution in [2.45, 2.75) is 32.6 Å². The van der Waals surface area contributed by atoms with E-state index < -0.39 is 20.7 Å². The Morgan fingerprint density at radius 1 is 1.26 bits per heavy atom. The van der Waals surface area contributed by atoms with E-state index in [9.17, 15) is 12.8 Å². The molecule has 1 aromatic carbocycles. The van der Waals surface area contributed by atoms with Crippen LogP contribution in [-0.2, 0) is 10.0 Å². The van der Waals surface area contributed by atoms with Crippen LogP contribution < -0.4 is 10.0 Å². The number of hydrogen-bond donors (Lipinski definition) is 2. The Morgan fingerprint density at radius 3 is 2.48 bits per heavy atom. The maximum Gasteiger partial charge on any atom is 0.266 e. The topological polar surface area (TPSA) is 84.2 Å². The van der Waals surface area contributed by atoms with Gasteiger partial charge in [-0.2, -0.15) is 0 Å². The molecule has 0 spiro atoms. The molecular weight excluding hydrogens is 321 g/mol. The minimum Gasteiger partial charge on any atom is -0.384 e. The van der Waals surface area contributed by atoms with Crippen LogP contribution in [0.5, 0.6) is 0 Å². The lowest BCUT2D eigenvalue weighted by Crippen LogP contribution is -2.19. The lowest BCUT2D eigenvalue weighted by molar-refractivity contribution is 0.400. The van der Waals surface area contributed by atoms with Gasteiger partial charge in [0.25, 0.3) is 10.0 Å². The Labute approximate surface area is 135 Å². The number of sulfonamides is 1. The van der Waals surface area contributed by atoms with Crippen LogP contribution in [0.15, 0.2) is 33.7 Å². The van der Waals surface area contributed by atoms with Crippen LogP contribution in [0.1, 0.15) is 26.5 Å². The van der Waals surface area contributed by atoms with Gasteiger partial charge in [-0.3, -0.25) is 4.72 Å². The van der Waals surface area contributed by atoms with Crippen LogP contribution in [0.2, 0.25) is 0 Å². The first-order valence-corrected chi connectivity index (χ1v) is 8.55. The number of rotatable bonds is 5. The monoisotopic (exact) mass is 341 g/mol. The van der Waals surface area contributed by atoms with Crippen LogP contribution in [0.3, 0.4) is 0 Å². The summed E-state index contributed by atoms with van der Waals surface area (Å²) >= 11 is 0. The molecule has 0 amide bonds. The predicted molar refractivity (Wildman–Crippen MR) is 86.4 cm³/mol. The van der Waals surface area contributed by atoms with Crippen LogP contribution in [0.25, 0.3) is 0 Å². The summed E-state index contributed by atoms with van der Waals surface area (Å²) in [7, 11) is -4.07. The summed E-state index contributed by atoms with van der Waals surface area (Å²) in [6.45, 7) is 8.38. The number of halogens is 1. The molecule has 1 heterocycles. The number of nitrogens with zero attached hydrogens (tertiary/aromatic N) is 1. The minimum atomic E-state index is -4.07. The maximum atomic E-state index is 14.2. The molecule has 0 aliphatic carbocycles. The number of nitrogens with one attached hydrogen (secondary N) is 2. The minimum absolute atomic E-state index is 0.0110. The molecule has 0 saturated carbocycles. The van der Waals surface area contributed by atoms with Gasteiger partial charge in [0.05, 0.1) is 0 Å². The van der Waals surface area contributed by atoms with Gasteiger partial charge in [0, 0.05) is 18.3 Å². The van der Waals surface area contributed by atoms with Gasteiger partial charge in [-0.1, -0.05) is 25.9 Å². The van der Waals surface area contributed by atoms with Crippen molar-refractivity contribution < 1.29 is 17.3 Å². The van der Waals surface area contributed by atoms with Gasteiger partial charge in [0.15, 0.2) is 5.82 Å².